The van der Waals surface area contributed by atoms with E-state index in [4.69, 9.17) is 4.74 Å². The lowest BCUT2D eigenvalue weighted by molar-refractivity contribution is -0.148. The van der Waals surface area contributed by atoms with Crippen LogP contribution in [-0.4, -0.2) is 72.9 Å². The molecule has 1 amide bonds. The van der Waals surface area contributed by atoms with Gasteiger partial charge in [-0.05, 0) is 14.0 Å². The van der Waals surface area contributed by atoms with E-state index in [9.17, 15) is 19.2 Å². The first-order valence-electron chi connectivity index (χ1n) is 6.90. The fourth-order valence-electron chi connectivity index (χ4n) is 3.40. The molecule has 1 saturated heterocycles. The van der Waals surface area contributed by atoms with Gasteiger partial charge in [-0.2, -0.15) is 0 Å². The van der Waals surface area contributed by atoms with Crippen molar-refractivity contribution in [2.24, 2.45) is 0 Å². The Morgan fingerprint density at radius 3 is 2.32 bits per heavy atom. The van der Waals surface area contributed by atoms with E-state index in [1.54, 1.807) is 19.0 Å². The predicted molar refractivity (Wildman–Crippen MR) is 74.7 cm³/mol. The number of piperazine rings is 1. The highest BCUT2D eigenvalue weighted by molar-refractivity contribution is 6.39. The minimum atomic E-state index is -1.03. The minimum absolute atomic E-state index is 0.0250. The number of ether oxygens (including phenoxy) is 1. The third-order valence-corrected chi connectivity index (χ3v) is 4.62. The summed E-state index contributed by atoms with van der Waals surface area (Å²) >= 11 is 0. The van der Waals surface area contributed by atoms with Crippen LogP contribution in [0.15, 0.2) is 22.5 Å². The Bertz CT molecular complexity index is 703. The van der Waals surface area contributed by atoms with Crippen molar-refractivity contribution in [3.8, 4) is 0 Å². The number of rotatable bonds is 1. The average molecular weight is 304 g/mol. The molecule has 2 unspecified atom stereocenters. The first kappa shape index (κ1) is 14.6. The monoisotopic (exact) mass is 304 g/mol. The lowest BCUT2D eigenvalue weighted by Crippen LogP contribution is -2.67. The summed E-state index contributed by atoms with van der Waals surface area (Å²) in [6, 6.07) is -1.51. The Hall–Kier alpha value is -2.28. The van der Waals surface area contributed by atoms with E-state index in [1.165, 1.54) is 18.9 Å². The van der Waals surface area contributed by atoms with Crippen LogP contribution in [0.1, 0.15) is 6.92 Å². The fraction of sp³-hybridized carbons (Fsp3) is 0.467. The van der Waals surface area contributed by atoms with Gasteiger partial charge in [-0.1, -0.05) is 0 Å². The Balaban J connectivity index is 2.23. The number of methoxy groups -OCH3 is 1. The highest BCUT2D eigenvalue weighted by atomic mass is 16.5. The molecule has 1 fully saturated rings. The average Bonchev–Trinajstić information content (AvgIpc) is 2.46. The van der Waals surface area contributed by atoms with Crippen LogP contribution in [0, 0.1) is 0 Å². The summed E-state index contributed by atoms with van der Waals surface area (Å²) in [4.78, 5) is 53.0. The molecule has 0 radical (unpaired) electrons. The zero-order chi connectivity index (χ0) is 16.3. The Kier molecular flexibility index (Phi) is 3.07. The van der Waals surface area contributed by atoms with Gasteiger partial charge in [0.05, 0.1) is 18.7 Å². The third kappa shape index (κ3) is 1.60. The molecule has 2 atom stereocenters. The zero-order valence-electron chi connectivity index (χ0n) is 12.8. The van der Waals surface area contributed by atoms with Gasteiger partial charge in [0.25, 0.3) is 0 Å². The van der Waals surface area contributed by atoms with Crippen molar-refractivity contribution >= 4 is 23.3 Å². The number of Topliss-reactive ketones (excluding diaryl/α,β-unsaturated/α-hetero) is 3. The summed E-state index contributed by atoms with van der Waals surface area (Å²) in [6.45, 7) is 1.71. The number of hydrogen-bond acceptors (Lipinski definition) is 6. The summed E-state index contributed by atoms with van der Waals surface area (Å²) < 4.78 is 5.06. The van der Waals surface area contributed by atoms with Crippen molar-refractivity contribution in [1.29, 1.82) is 0 Å². The van der Waals surface area contributed by atoms with E-state index in [0.29, 0.717) is 0 Å². The predicted octanol–water partition coefficient (Wildman–Crippen LogP) is -0.921. The molecule has 0 spiro atoms. The standard InChI is InChI=1S/C15H16N2O5/c1-6-11(18)9-8(13(20)14(6)22-4)7-5-16(2)15(21)10(12(9)19)17(7)3/h7,10H,5H2,1-4H3. The van der Waals surface area contributed by atoms with Crippen molar-refractivity contribution in [2.45, 2.75) is 19.0 Å². The lowest BCUT2D eigenvalue weighted by Gasteiger charge is -2.47. The van der Waals surface area contributed by atoms with E-state index in [2.05, 4.69) is 0 Å². The van der Waals surface area contributed by atoms with Crippen molar-refractivity contribution in [3.05, 3.63) is 22.5 Å². The number of hydrogen-bond donors (Lipinski definition) is 0. The van der Waals surface area contributed by atoms with E-state index in [-0.39, 0.29) is 34.9 Å². The van der Waals surface area contributed by atoms with E-state index < -0.39 is 29.4 Å². The quantitative estimate of drug-likeness (QED) is 0.354. The summed E-state index contributed by atoms with van der Waals surface area (Å²) in [5.74, 6) is -1.94. The van der Waals surface area contributed by atoms with Crippen LogP contribution >= 0.6 is 0 Å². The van der Waals surface area contributed by atoms with Crippen molar-refractivity contribution in [2.75, 3.05) is 27.7 Å². The fourth-order valence-corrected chi connectivity index (χ4v) is 3.40. The van der Waals surface area contributed by atoms with Gasteiger partial charge in [0, 0.05) is 24.7 Å². The van der Waals surface area contributed by atoms with Gasteiger partial charge in [-0.15, -0.1) is 0 Å². The Labute approximate surface area is 127 Å². The summed E-state index contributed by atoms with van der Waals surface area (Å²) in [5.41, 5.74) is 0.122. The Morgan fingerprint density at radius 1 is 1.09 bits per heavy atom. The molecular formula is C15H16N2O5. The number of allylic oxidation sites excluding steroid dienone is 2. The highest BCUT2D eigenvalue weighted by Gasteiger charge is 2.54. The first-order chi connectivity index (χ1) is 10.3. The Morgan fingerprint density at radius 2 is 1.73 bits per heavy atom. The molecule has 0 saturated carbocycles. The maximum absolute atomic E-state index is 12.7. The summed E-state index contributed by atoms with van der Waals surface area (Å²) in [6.07, 6.45) is 0. The largest absolute Gasteiger partial charge is 0.492 e. The molecule has 0 aromatic heterocycles. The van der Waals surface area contributed by atoms with Gasteiger partial charge < -0.3 is 9.64 Å². The highest BCUT2D eigenvalue weighted by Crippen LogP contribution is 2.37. The molecule has 7 heteroatoms. The molecule has 3 aliphatic rings. The smallest absolute Gasteiger partial charge is 0.247 e. The first-order valence-corrected chi connectivity index (χ1v) is 6.90. The second kappa shape index (κ2) is 4.61. The van der Waals surface area contributed by atoms with Crippen LogP contribution < -0.4 is 0 Å². The molecule has 0 N–H and O–H groups in total. The van der Waals surface area contributed by atoms with E-state index in [1.807, 2.05) is 0 Å². The zero-order valence-corrected chi connectivity index (χ0v) is 12.8. The number of nitrogens with zero attached hydrogens (tertiary/aromatic N) is 2. The minimum Gasteiger partial charge on any atom is -0.492 e. The van der Waals surface area contributed by atoms with Crippen LogP contribution in [-0.2, 0) is 23.9 Å². The van der Waals surface area contributed by atoms with E-state index >= 15 is 0 Å². The molecule has 7 nitrogen and oxygen atoms in total. The van der Waals surface area contributed by atoms with Crippen LogP contribution in [0.5, 0.6) is 0 Å². The van der Waals surface area contributed by atoms with Crippen molar-refractivity contribution in [3.63, 3.8) is 0 Å². The molecule has 1 aliphatic carbocycles. The van der Waals surface area contributed by atoms with Gasteiger partial charge in [0.1, 0.15) is 0 Å². The SMILES string of the molecule is COC1=C(C)C(=O)C2=C(C1=O)C1CN(C)C(=O)C(C2=O)N1C. The van der Waals surface area contributed by atoms with Crippen LogP contribution in [0.4, 0.5) is 0 Å². The van der Waals surface area contributed by atoms with Crippen LogP contribution in [0.3, 0.4) is 0 Å². The lowest BCUT2D eigenvalue weighted by atomic mass is 9.76. The molecular weight excluding hydrogens is 288 g/mol. The van der Waals surface area contributed by atoms with Crippen LogP contribution in [0.2, 0.25) is 0 Å². The molecule has 2 bridgehead atoms. The number of amides is 1. The molecule has 0 aromatic carbocycles. The molecule has 0 aromatic rings. The molecule has 2 aliphatic heterocycles. The number of ketones is 3. The second-order valence-electron chi connectivity index (χ2n) is 5.77. The maximum Gasteiger partial charge on any atom is 0.247 e. The van der Waals surface area contributed by atoms with E-state index in [0.717, 1.165) is 0 Å². The number of carbonyl (C=O) groups is 4. The maximum atomic E-state index is 12.7. The molecule has 116 valence electrons. The van der Waals surface area contributed by atoms with Crippen molar-refractivity contribution in [1.82, 2.24) is 9.80 Å². The molecule has 2 heterocycles. The summed E-state index contributed by atoms with van der Waals surface area (Å²) in [5, 5.41) is 0. The number of fused-ring (bicyclic) bond motifs is 3. The van der Waals surface area contributed by atoms with Gasteiger partial charge >= 0.3 is 0 Å². The van der Waals surface area contributed by atoms with Gasteiger partial charge in [-0.3, -0.25) is 24.1 Å². The number of carbonyl (C=O) groups excluding carboxylic acids is 4. The van der Waals surface area contributed by atoms with Crippen LogP contribution in [0.25, 0.3) is 0 Å². The summed E-state index contributed by atoms with van der Waals surface area (Å²) in [7, 11) is 4.53. The topological polar surface area (TPSA) is 84.0 Å². The number of likely N-dealkylation sites (N-methyl/N-ethyl adjacent to an activating group) is 2. The van der Waals surface area contributed by atoms with Gasteiger partial charge in [-0.25, -0.2) is 0 Å². The second-order valence-corrected chi connectivity index (χ2v) is 5.77. The third-order valence-electron chi connectivity index (χ3n) is 4.62. The van der Waals surface area contributed by atoms with Gasteiger partial charge in [0.2, 0.25) is 11.7 Å². The van der Waals surface area contributed by atoms with Crippen molar-refractivity contribution < 1.29 is 23.9 Å². The molecule has 22 heavy (non-hydrogen) atoms. The normalized spacial score (nSPS) is 29.4. The molecule has 3 rings (SSSR count). The van der Waals surface area contributed by atoms with Gasteiger partial charge in [0.15, 0.2) is 23.4 Å².